The zero-order chi connectivity index (χ0) is 31.4. The van der Waals surface area contributed by atoms with Crippen LogP contribution >= 0.6 is 0 Å². The summed E-state index contributed by atoms with van der Waals surface area (Å²) in [5, 5.41) is 4.26. The summed E-state index contributed by atoms with van der Waals surface area (Å²) in [6.45, 7) is 10.0. The number of pyridine rings is 2. The van der Waals surface area contributed by atoms with Gasteiger partial charge in [0.15, 0.2) is 21.3 Å². The molecule has 1 aliphatic heterocycles. The van der Waals surface area contributed by atoms with E-state index in [0.29, 0.717) is 25.2 Å². The lowest BCUT2D eigenvalue weighted by Crippen LogP contribution is -2.54. The molecule has 5 rings (SSSR count). The Kier molecular flexibility index (Phi) is 7.54. The highest BCUT2D eigenvalue weighted by molar-refractivity contribution is 7.90. The van der Waals surface area contributed by atoms with Crippen molar-refractivity contribution in [2.45, 2.75) is 37.6 Å². The fourth-order valence-electron chi connectivity index (χ4n) is 5.42. The van der Waals surface area contributed by atoms with Gasteiger partial charge in [-0.3, -0.25) is 14.5 Å². The van der Waals surface area contributed by atoms with E-state index in [9.17, 15) is 18.0 Å². The second-order valence-electron chi connectivity index (χ2n) is 10.8. The minimum absolute atomic E-state index is 0.0261. The molecular weight excluding hydrogens is 577 g/mol. The Morgan fingerprint density at radius 2 is 1.93 bits per heavy atom. The number of hydrogen-bond donors (Lipinski definition) is 1. The predicted molar refractivity (Wildman–Crippen MR) is 160 cm³/mol. The number of rotatable bonds is 6. The summed E-state index contributed by atoms with van der Waals surface area (Å²) in [6, 6.07) is 0.907. The fourth-order valence-corrected chi connectivity index (χ4v) is 6.23. The highest BCUT2D eigenvalue weighted by atomic mass is 32.2. The summed E-state index contributed by atoms with van der Waals surface area (Å²) in [4.78, 5) is 42.7. The number of nitrogens with zero attached hydrogens (tertiary/aromatic N) is 8. The average Bonchev–Trinajstić information content (AvgIpc) is 3.28. The highest BCUT2D eigenvalue weighted by Gasteiger charge is 2.32. The van der Waals surface area contributed by atoms with Gasteiger partial charge < -0.3 is 15.5 Å². The van der Waals surface area contributed by atoms with Crippen LogP contribution in [-0.4, -0.2) is 80.5 Å². The maximum absolute atomic E-state index is 15.9. The van der Waals surface area contributed by atoms with E-state index in [-0.39, 0.29) is 62.4 Å². The first-order valence-corrected chi connectivity index (χ1v) is 15.4. The van der Waals surface area contributed by atoms with Crippen molar-refractivity contribution < 1.29 is 17.6 Å². The molecule has 0 bridgehead atoms. The molecule has 0 aliphatic carbocycles. The fraction of sp³-hybridized carbons (Fsp3) is 0.357. The molecule has 0 radical (unpaired) electrons. The predicted octanol–water partition coefficient (Wildman–Crippen LogP) is 2.05. The van der Waals surface area contributed by atoms with Crippen LogP contribution in [0.3, 0.4) is 0 Å². The van der Waals surface area contributed by atoms with Gasteiger partial charge in [-0.15, -0.1) is 0 Å². The van der Waals surface area contributed by atoms with E-state index in [2.05, 4.69) is 26.6 Å². The van der Waals surface area contributed by atoms with Gasteiger partial charge >= 0.3 is 5.69 Å². The molecule has 1 fully saturated rings. The molecule has 0 spiro atoms. The molecule has 5 heterocycles. The number of anilines is 2. The molecule has 15 heteroatoms. The van der Waals surface area contributed by atoms with Gasteiger partial charge in [-0.05, 0) is 30.5 Å². The van der Waals surface area contributed by atoms with Gasteiger partial charge in [-0.1, -0.05) is 20.4 Å². The van der Waals surface area contributed by atoms with Gasteiger partial charge in [0.25, 0.3) is 0 Å². The van der Waals surface area contributed by atoms with E-state index >= 15 is 4.39 Å². The van der Waals surface area contributed by atoms with E-state index in [1.807, 2.05) is 25.7 Å². The molecule has 1 atom stereocenters. The lowest BCUT2D eigenvalue weighted by Gasteiger charge is -2.40. The summed E-state index contributed by atoms with van der Waals surface area (Å²) in [6.07, 6.45) is 6.28. The maximum Gasteiger partial charge on any atom is 0.355 e. The number of halogens is 1. The highest BCUT2D eigenvalue weighted by Crippen LogP contribution is 2.35. The van der Waals surface area contributed by atoms with Crippen LogP contribution < -0.4 is 16.3 Å². The zero-order valence-corrected chi connectivity index (χ0v) is 25.3. The van der Waals surface area contributed by atoms with Crippen molar-refractivity contribution in [3.05, 3.63) is 59.2 Å². The molecule has 1 amide bonds. The van der Waals surface area contributed by atoms with Gasteiger partial charge in [-0.25, -0.2) is 27.2 Å². The number of sulfone groups is 1. The first-order valence-electron chi connectivity index (χ1n) is 13.5. The monoisotopic (exact) mass is 609 g/mol. The zero-order valence-electron chi connectivity index (χ0n) is 24.4. The number of nitrogen functional groups attached to an aromatic ring is 1. The van der Waals surface area contributed by atoms with Crippen LogP contribution in [0.25, 0.3) is 28.1 Å². The molecule has 0 aromatic carbocycles. The number of hydrogen-bond acceptors (Lipinski definition) is 10. The van der Waals surface area contributed by atoms with Gasteiger partial charge in [-0.2, -0.15) is 10.1 Å². The molecule has 1 saturated heterocycles. The van der Waals surface area contributed by atoms with Crippen LogP contribution in [0.4, 0.5) is 15.9 Å². The van der Waals surface area contributed by atoms with Gasteiger partial charge in [0, 0.05) is 51.4 Å². The van der Waals surface area contributed by atoms with E-state index in [1.54, 1.807) is 11.9 Å². The Bertz CT molecular complexity index is 1930. The van der Waals surface area contributed by atoms with Crippen molar-refractivity contribution >= 4 is 38.3 Å². The van der Waals surface area contributed by atoms with Crippen molar-refractivity contribution in [3.8, 4) is 17.1 Å². The van der Waals surface area contributed by atoms with Crippen LogP contribution in [0.15, 0.2) is 47.0 Å². The van der Waals surface area contributed by atoms with Crippen LogP contribution in [-0.2, 0) is 21.7 Å². The first kappa shape index (κ1) is 29.8. The van der Waals surface area contributed by atoms with Crippen molar-refractivity contribution in [1.82, 2.24) is 34.2 Å². The Morgan fingerprint density at radius 1 is 1.21 bits per heavy atom. The summed E-state index contributed by atoms with van der Waals surface area (Å²) >= 11 is 0. The molecule has 13 nitrogen and oxygen atoms in total. The van der Waals surface area contributed by atoms with Crippen molar-refractivity contribution in [2.75, 3.05) is 36.5 Å². The topological polar surface area (TPSA) is 162 Å². The van der Waals surface area contributed by atoms with E-state index < -0.39 is 21.3 Å². The summed E-state index contributed by atoms with van der Waals surface area (Å²) in [5.41, 5.74) is 5.94. The molecule has 4 aromatic rings. The third-order valence-corrected chi connectivity index (χ3v) is 8.63. The smallest absolute Gasteiger partial charge is 0.355 e. The molecule has 226 valence electrons. The third-order valence-electron chi connectivity index (χ3n) is 7.54. The molecule has 43 heavy (non-hydrogen) atoms. The van der Waals surface area contributed by atoms with Crippen molar-refractivity contribution in [3.63, 3.8) is 0 Å². The van der Waals surface area contributed by atoms with E-state index in [0.717, 1.165) is 10.8 Å². The van der Waals surface area contributed by atoms with Crippen molar-refractivity contribution in [1.29, 1.82) is 0 Å². The minimum atomic E-state index is -3.90. The molecular formula is C28H32FN9O4S. The second kappa shape index (κ2) is 10.9. The van der Waals surface area contributed by atoms with Crippen LogP contribution in [0.2, 0.25) is 0 Å². The Balaban J connectivity index is 1.88. The number of aromatic nitrogens is 6. The average molecular weight is 610 g/mol. The van der Waals surface area contributed by atoms with Gasteiger partial charge in [0.1, 0.15) is 22.1 Å². The number of amides is 1. The lowest BCUT2D eigenvalue weighted by atomic mass is 10.0. The SMILES string of the molecule is C=CC(=O)N1CCN(c2nc(=O)n(-c3c(C(C)C)cncc3S(C)(=O)=O)c3nc(-c4c(N)cnn4C)c(F)cc23)[C@@H](C)C1. The molecule has 2 N–H and O–H groups in total. The second-order valence-corrected chi connectivity index (χ2v) is 12.8. The Labute approximate surface area is 247 Å². The number of fused-ring (bicyclic) bond motifs is 1. The quantitative estimate of drug-likeness (QED) is 0.320. The lowest BCUT2D eigenvalue weighted by molar-refractivity contribution is -0.126. The van der Waals surface area contributed by atoms with Crippen molar-refractivity contribution in [2.24, 2.45) is 7.05 Å². The number of carbonyl (C=O) groups is 1. The molecule has 4 aromatic heterocycles. The summed E-state index contributed by atoms with van der Waals surface area (Å²) < 4.78 is 44.4. The normalized spacial score (nSPS) is 15.8. The number of piperazine rings is 1. The Morgan fingerprint density at radius 3 is 2.51 bits per heavy atom. The van der Waals surface area contributed by atoms with Crippen LogP contribution in [0.5, 0.6) is 0 Å². The van der Waals surface area contributed by atoms with E-state index in [1.165, 1.54) is 35.4 Å². The standard InChI is InChI=1S/C28H32FN9O4S/c1-7-22(39)36-8-9-37(16(4)14-36)26-17-10-19(29)23(25-20(30)12-32-35(25)5)33-27(17)38(28(40)34-26)24-18(15(2)3)11-31-13-21(24)43(6,41)42/h7,10-13,15-16H,1,8-9,14,30H2,2-6H3/t16-/m0/s1. The third kappa shape index (κ3) is 5.13. The number of nitrogens with two attached hydrogens (primary N) is 1. The number of carbonyl (C=O) groups excluding carboxylic acids is 1. The van der Waals surface area contributed by atoms with Crippen LogP contribution in [0.1, 0.15) is 32.3 Å². The van der Waals surface area contributed by atoms with Crippen LogP contribution in [0, 0.1) is 5.82 Å². The summed E-state index contributed by atoms with van der Waals surface area (Å²) in [7, 11) is -2.32. The largest absolute Gasteiger partial charge is 0.396 e. The first-order chi connectivity index (χ1) is 20.2. The van der Waals surface area contributed by atoms with Gasteiger partial charge in [0.2, 0.25) is 5.91 Å². The molecule has 1 aliphatic rings. The maximum atomic E-state index is 15.9. The van der Waals surface area contributed by atoms with Gasteiger partial charge in [0.05, 0.1) is 23.0 Å². The Hall–Kier alpha value is -4.66. The molecule has 0 saturated carbocycles. The summed E-state index contributed by atoms with van der Waals surface area (Å²) in [5.74, 6) is -1.07. The number of aryl methyl sites for hydroxylation is 1. The van der Waals surface area contributed by atoms with E-state index in [4.69, 9.17) is 5.73 Å². The molecule has 0 unspecified atom stereocenters. The minimum Gasteiger partial charge on any atom is -0.396 e.